The largest absolute Gasteiger partial charge is 0.508 e. The molecule has 70 valence electrons. The van der Waals surface area contributed by atoms with Crippen LogP contribution in [0.1, 0.15) is 24.3 Å². The third-order valence-corrected chi connectivity index (χ3v) is 2.94. The molecular weight excluding hydrogens is 162 g/mol. The van der Waals surface area contributed by atoms with Gasteiger partial charge in [0.05, 0.1) is 0 Å². The SMILES string of the molecule is CNC1CCC1c1cccc(O)c1. The van der Waals surface area contributed by atoms with Crippen LogP contribution in [-0.4, -0.2) is 18.2 Å². The summed E-state index contributed by atoms with van der Waals surface area (Å²) in [5.74, 6) is 0.969. The van der Waals surface area contributed by atoms with Gasteiger partial charge in [-0.05, 0) is 43.5 Å². The van der Waals surface area contributed by atoms with E-state index < -0.39 is 0 Å². The van der Waals surface area contributed by atoms with Gasteiger partial charge in [0.15, 0.2) is 0 Å². The van der Waals surface area contributed by atoms with Crippen LogP contribution >= 0.6 is 0 Å². The lowest BCUT2D eigenvalue weighted by atomic mass is 9.75. The maximum Gasteiger partial charge on any atom is 0.115 e. The quantitative estimate of drug-likeness (QED) is 0.722. The van der Waals surface area contributed by atoms with Crippen LogP contribution in [0.25, 0.3) is 0 Å². The van der Waals surface area contributed by atoms with Crippen molar-refractivity contribution in [1.82, 2.24) is 5.32 Å². The minimum atomic E-state index is 0.374. The molecule has 0 aromatic heterocycles. The van der Waals surface area contributed by atoms with Gasteiger partial charge in [-0.3, -0.25) is 0 Å². The van der Waals surface area contributed by atoms with Crippen molar-refractivity contribution in [2.75, 3.05) is 7.05 Å². The molecular formula is C11H15NO. The Morgan fingerprint density at radius 3 is 2.77 bits per heavy atom. The maximum atomic E-state index is 9.32. The molecule has 2 unspecified atom stereocenters. The summed E-state index contributed by atoms with van der Waals surface area (Å²) in [5.41, 5.74) is 1.26. The maximum absolute atomic E-state index is 9.32. The summed E-state index contributed by atoms with van der Waals surface area (Å²) < 4.78 is 0. The number of hydrogen-bond acceptors (Lipinski definition) is 2. The first kappa shape index (κ1) is 8.57. The van der Waals surface area contributed by atoms with E-state index in [-0.39, 0.29) is 0 Å². The molecule has 0 spiro atoms. The average molecular weight is 177 g/mol. The summed E-state index contributed by atoms with van der Waals surface area (Å²) in [5, 5.41) is 12.6. The molecule has 1 saturated carbocycles. The van der Waals surface area contributed by atoms with Crippen molar-refractivity contribution in [3.63, 3.8) is 0 Å². The molecule has 1 aliphatic carbocycles. The van der Waals surface area contributed by atoms with Crippen molar-refractivity contribution in [1.29, 1.82) is 0 Å². The Balaban J connectivity index is 2.16. The Hall–Kier alpha value is -1.02. The van der Waals surface area contributed by atoms with Gasteiger partial charge in [-0.2, -0.15) is 0 Å². The molecule has 13 heavy (non-hydrogen) atoms. The molecule has 2 N–H and O–H groups in total. The molecule has 1 aromatic rings. The van der Waals surface area contributed by atoms with Gasteiger partial charge in [-0.25, -0.2) is 0 Å². The zero-order valence-corrected chi connectivity index (χ0v) is 7.83. The molecule has 0 saturated heterocycles. The van der Waals surface area contributed by atoms with E-state index in [0.29, 0.717) is 17.7 Å². The molecule has 1 aromatic carbocycles. The van der Waals surface area contributed by atoms with Gasteiger partial charge < -0.3 is 10.4 Å². The number of likely N-dealkylation sites (N-methyl/N-ethyl adjacent to an activating group) is 1. The van der Waals surface area contributed by atoms with Crippen molar-refractivity contribution in [3.8, 4) is 5.75 Å². The van der Waals surface area contributed by atoms with E-state index in [9.17, 15) is 5.11 Å². The Bertz CT molecular complexity index is 296. The summed E-state index contributed by atoms with van der Waals surface area (Å²) >= 11 is 0. The van der Waals surface area contributed by atoms with Crippen molar-refractivity contribution in [2.45, 2.75) is 24.8 Å². The number of nitrogens with one attached hydrogen (secondary N) is 1. The highest BCUT2D eigenvalue weighted by Gasteiger charge is 2.30. The fourth-order valence-corrected chi connectivity index (χ4v) is 2.00. The Morgan fingerprint density at radius 1 is 1.38 bits per heavy atom. The van der Waals surface area contributed by atoms with Crippen molar-refractivity contribution in [2.24, 2.45) is 0 Å². The molecule has 2 rings (SSSR count). The first-order valence-corrected chi connectivity index (χ1v) is 4.77. The van der Waals surface area contributed by atoms with Gasteiger partial charge in [0, 0.05) is 6.04 Å². The number of phenols is 1. The zero-order chi connectivity index (χ0) is 9.26. The molecule has 0 aliphatic heterocycles. The van der Waals surface area contributed by atoms with Crippen LogP contribution in [0, 0.1) is 0 Å². The van der Waals surface area contributed by atoms with Crippen LogP contribution in [0.5, 0.6) is 5.75 Å². The van der Waals surface area contributed by atoms with E-state index in [1.165, 1.54) is 18.4 Å². The Morgan fingerprint density at radius 2 is 2.23 bits per heavy atom. The van der Waals surface area contributed by atoms with E-state index in [1.54, 1.807) is 6.07 Å². The van der Waals surface area contributed by atoms with Crippen molar-refractivity contribution >= 4 is 0 Å². The van der Waals surface area contributed by atoms with Crippen LogP contribution in [0.4, 0.5) is 0 Å². The molecule has 1 fully saturated rings. The highest BCUT2D eigenvalue weighted by Crippen LogP contribution is 2.37. The fourth-order valence-electron chi connectivity index (χ4n) is 2.00. The van der Waals surface area contributed by atoms with Crippen LogP contribution in [0.15, 0.2) is 24.3 Å². The summed E-state index contributed by atoms with van der Waals surface area (Å²) in [6.07, 6.45) is 2.48. The summed E-state index contributed by atoms with van der Waals surface area (Å²) in [6, 6.07) is 8.19. The van der Waals surface area contributed by atoms with Crippen LogP contribution < -0.4 is 5.32 Å². The molecule has 2 nitrogen and oxygen atoms in total. The van der Waals surface area contributed by atoms with Gasteiger partial charge in [-0.1, -0.05) is 12.1 Å². The van der Waals surface area contributed by atoms with Gasteiger partial charge in [0.2, 0.25) is 0 Å². The number of rotatable bonds is 2. The molecule has 2 atom stereocenters. The lowest BCUT2D eigenvalue weighted by Gasteiger charge is -2.36. The Kier molecular flexibility index (Phi) is 2.23. The summed E-state index contributed by atoms with van der Waals surface area (Å²) in [7, 11) is 2.00. The minimum Gasteiger partial charge on any atom is -0.508 e. The van der Waals surface area contributed by atoms with Crippen molar-refractivity contribution < 1.29 is 5.11 Å². The normalized spacial score (nSPS) is 26.8. The van der Waals surface area contributed by atoms with E-state index in [4.69, 9.17) is 0 Å². The third-order valence-electron chi connectivity index (χ3n) is 2.94. The van der Waals surface area contributed by atoms with E-state index in [2.05, 4.69) is 11.4 Å². The van der Waals surface area contributed by atoms with Crippen LogP contribution in [-0.2, 0) is 0 Å². The fraction of sp³-hybridized carbons (Fsp3) is 0.455. The van der Waals surface area contributed by atoms with Crippen LogP contribution in [0.3, 0.4) is 0 Å². The number of aromatic hydroxyl groups is 1. The second-order valence-corrected chi connectivity index (χ2v) is 3.67. The highest BCUT2D eigenvalue weighted by molar-refractivity contribution is 5.32. The average Bonchev–Trinajstić information content (AvgIpc) is 2.03. The van der Waals surface area contributed by atoms with Gasteiger partial charge >= 0.3 is 0 Å². The zero-order valence-electron chi connectivity index (χ0n) is 7.83. The first-order valence-electron chi connectivity index (χ1n) is 4.77. The molecule has 0 bridgehead atoms. The van der Waals surface area contributed by atoms with Crippen LogP contribution in [0.2, 0.25) is 0 Å². The predicted molar refractivity (Wildman–Crippen MR) is 52.9 cm³/mol. The highest BCUT2D eigenvalue weighted by atomic mass is 16.3. The third kappa shape index (κ3) is 1.54. The van der Waals surface area contributed by atoms with E-state index >= 15 is 0 Å². The summed E-state index contributed by atoms with van der Waals surface area (Å²) in [6.45, 7) is 0. The number of hydrogen-bond donors (Lipinski definition) is 2. The van der Waals surface area contributed by atoms with Gasteiger partial charge in [0.1, 0.15) is 5.75 Å². The second kappa shape index (κ2) is 3.38. The smallest absolute Gasteiger partial charge is 0.115 e. The topological polar surface area (TPSA) is 32.3 Å². The first-order chi connectivity index (χ1) is 6.31. The van der Waals surface area contributed by atoms with Gasteiger partial charge in [-0.15, -0.1) is 0 Å². The number of phenolic OH excluding ortho intramolecular Hbond substituents is 1. The predicted octanol–water partition coefficient (Wildman–Crippen LogP) is 1.86. The Labute approximate surface area is 78.6 Å². The van der Waals surface area contributed by atoms with E-state index in [0.717, 1.165) is 0 Å². The lowest BCUT2D eigenvalue weighted by Crippen LogP contribution is -2.40. The standard InChI is InChI=1S/C11H15NO/c1-12-11-6-5-10(11)8-3-2-4-9(13)7-8/h2-4,7,10-13H,5-6H2,1H3. The van der Waals surface area contributed by atoms with E-state index in [1.807, 2.05) is 19.2 Å². The second-order valence-electron chi connectivity index (χ2n) is 3.67. The lowest BCUT2D eigenvalue weighted by molar-refractivity contribution is 0.300. The van der Waals surface area contributed by atoms with Gasteiger partial charge in [0.25, 0.3) is 0 Å². The molecule has 0 radical (unpaired) electrons. The summed E-state index contributed by atoms with van der Waals surface area (Å²) in [4.78, 5) is 0. The number of benzene rings is 1. The minimum absolute atomic E-state index is 0.374. The molecule has 0 heterocycles. The molecule has 1 aliphatic rings. The monoisotopic (exact) mass is 177 g/mol. The molecule has 0 amide bonds. The molecule has 2 heteroatoms. The van der Waals surface area contributed by atoms with Crippen molar-refractivity contribution in [3.05, 3.63) is 29.8 Å².